The summed E-state index contributed by atoms with van der Waals surface area (Å²) >= 11 is 0. The second kappa shape index (κ2) is 34.2. The van der Waals surface area contributed by atoms with Gasteiger partial charge in [-0.3, -0.25) is 4.90 Å². The van der Waals surface area contributed by atoms with Crippen LogP contribution in [0.5, 0.6) is 0 Å². The highest BCUT2D eigenvalue weighted by Crippen LogP contribution is 2.12. The van der Waals surface area contributed by atoms with Crippen LogP contribution in [0.3, 0.4) is 0 Å². The fourth-order valence-electron chi connectivity index (χ4n) is 5.78. The molecule has 1 aliphatic heterocycles. The van der Waals surface area contributed by atoms with E-state index in [1.54, 1.807) is 0 Å². The molecule has 0 saturated carbocycles. The number of ether oxygens (including phenoxy) is 3. The Morgan fingerprint density at radius 2 is 0.953 bits per heavy atom. The van der Waals surface area contributed by atoms with Gasteiger partial charge in [0.1, 0.15) is 0 Å². The number of morpholine rings is 1. The van der Waals surface area contributed by atoms with Crippen LogP contribution in [-0.2, 0) is 14.2 Å². The molecule has 4 heteroatoms. The van der Waals surface area contributed by atoms with Crippen molar-refractivity contribution in [1.29, 1.82) is 0 Å². The maximum Gasteiger partial charge on any atom is 0.0934 e. The molecule has 43 heavy (non-hydrogen) atoms. The molecule has 4 nitrogen and oxygen atoms in total. The molecule has 1 unspecified atom stereocenters. The molecule has 1 atom stereocenters. The van der Waals surface area contributed by atoms with E-state index in [4.69, 9.17) is 14.2 Å². The standard InChI is InChI=1S/C39H75NO3/c1-3-5-7-9-11-13-15-17-19-21-23-25-27-29-33-42-38-39(37-40-31-35-41-36-32-40)43-34-30-28-26-24-22-20-18-16-14-12-10-8-6-4-2/h13-16,39H,3-12,17-38H2,1-2H3/b15-13-,16-14-. The molecule has 1 saturated heterocycles. The average Bonchev–Trinajstić information content (AvgIpc) is 3.03. The molecule has 254 valence electrons. The number of allylic oxidation sites excluding steroid dienone is 4. The molecule has 0 aromatic carbocycles. The lowest BCUT2D eigenvalue weighted by Crippen LogP contribution is -2.43. The van der Waals surface area contributed by atoms with Crippen molar-refractivity contribution >= 4 is 0 Å². The Morgan fingerprint density at radius 1 is 0.535 bits per heavy atom. The molecule has 0 aromatic heterocycles. The summed E-state index contributed by atoms with van der Waals surface area (Å²) in [6, 6.07) is 0. The summed E-state index contributed by atoms with van der Waals surface area (Å²) in [4.78, 5) is 2.48. The fourth-order valence-corrected chi connectivity index (χ4v) is 5.78. The topological polar surface area (TPSA) is 30.9 Å². The average molecular weight is 606 g/mol. The first-order valence-corrected chi connectivity index (χ1v) is 19.2. The lowest BCUT2D eigenvalue weighted by molar-refractivity contribution is -0.0496. The molecule has 1 aliphatic rings. The molecule has 1 fully saturated rings. The Kier molecular flexibility index (Phi) is 32.1. The van der Waals surface area contributed by atoms with Crippen molar-refractivity contribution in [2.45, 2.75) is 174 Å². The molecular weight excluding hydrogens is 530 g/mol. The first-order chi connectivity index (χ1) is 21.4. The quantitative estimate of drug-likeness (QED) is 0.0550. The van der Waals surface area contributed by atoms with Gasteiger partial charge in [-0.25, -0.2) is 0 Å². The van der Waals surface area contributed by atoms with Gasteiger partial charge in [0.25, 0.3) is 0 Å². The third-order valence-corrected chi connectivity index (χ3v) is 8.68. The Morgan fingerprint density at radius 3 is 1.44 bits per heavy atom. The van der Waals surface area contributed by atoms with E-state index >= 15 is 0 Å². The van der Waals surface area contributed by atoms with Crippen molar-refractivity contribution in [1.82, 2.24) is 4.90 Å². The zero-order valence-electron chi connectivity index (χ0n) is 29.2. The SMILES string of the molecule is CCCCCC/C=C\CCCCCCCCOCC(CN1CCOCC1)OCCCCCCCC/C=C\CCCCCC. The minimum atomic E-state index is 0.187. The summed E-state index contributed by atoms with van der Waals surface area (Å²) in [5.41, 5.74) is 0. The van der Waals surface area contributed by atoms with Crippen LogP contribution < -0.4 is 0 Å². The van der Waals surface area contributed by atoms with Crippen molar-refractivity contribution in [2.75, 3.05) is 52.7 Å². The third-order valence-electron chi connectivity index (χ3n) is 8.68. The molecule has 1 heterocycles. The largest absolute Gasteiger partial charge is 0.379 e. The fraction of sp³-hybridized carbons (Fsp3) is 0.897. The molecular formula is C39H75NO3. The van der Waals surface area contributed by atoms with Crippen LogP contribution in [0.4, 0.5) is 0 Å². The Labute approximate surface area is 269 Å². The van der Waals surface area contributed by atoms with Crippen molar-refractivity contribution in [3.63, 3.8) is 0 Å². The van der Waals surface area contributed by atoms with Crippen LogP contribution in [0.2, 0.25) is 0 Å². The molecule has 0 spiro atoms. The van der Waals surface area contributed by atoms with Crippen LogP contribution in [0, 0.1) is 0 Å². The van der Waals surface area contributed by atoms with E-state index in [0.29, 0.717) is 0 Å². The smallest absolute Gasteiger partial charge is 0.0934 e. The Bertz CT molecular complexity index is 587. The molecule has 0 aliphatic carbocycles. The number of hydrogen-bond donors (Lipinski definition) is 0. The molecule has 0 amide bonds. The van der Waals surface area contributed by atoms with E-state index in [1.807, 2.05) is 0 Å². The summed E-state index contributed by atoms with van der Waals surface area (Å²) < 4.78 is 18.0. The van der Waals surface area contributed by atoms with Crippen LogP contribution in [-0.4, -0.2) is 63.7 Å². The zero-order valence-corrected chi connectivity index (χ0v) is 29.2. The van der Waals surface area contributed by atoms with Crippen LogP contribution in [0.1, 0.15) is 168 Å². The predicted molar refractivity (Wildman–Crippen MR) is 188 cm³/mol. The van der Waals surface area contributed by atoms with Crippen molar-refractivity contribution in [2.24, 2.45) is 0 Å². The van der Waals surface area contributed by atoms with E-state index in [-0.39, 0.29) is 6.10 Å². The summed E-state index contributed by atoms with van der Waals surface area (Å²) in [6.07, 6.45) is 41.6. The van der Waals surface area contributed by atoms with Crippen LogP contribution in [0.25, 0.3) is 0 Å². The van der Waals surface area contributed by atoms with Gasteiger partial charge in [-0.2, -0.15) is 0 Å². The van der Waals surface area contributed by atoms with Gasteiger partial charge in [0.15, 0.2) is 0 Å². The maximum absolute atomic E-state index is 6.35. The molecule has 0 radical (unpaired) electrons. The highest BCUT2D eigenvalue weighted by Gasteiger charge is 2.17. The van der Waals surface area contributed by atoms with E-state index < -0.39 is 0 Å². The highest BCUT2D eigenvalue weighted by atomic mass is 16.5. The maximum atomic E-state index is 6.35. The van der Waals surface area contributed by atoms with Crippen molar-refractivity contribution in [3.8, 4) is 0 Å². The normalized spacial score (nSPS) is 15.3. The lowest BCUT2D eigenvalue weighted by Gasteiger charge is -2.30. The summed E-state index contributed by atoms with van der Waals surface area (Å²) in [6.45, 7) is 11.7. The van der Waals surface area contributed by atoms with E-state index in [1.165, 1.54) is 154 Å². The van der Waals surface area contributed by atoms with E-state index in [9.17, 15) is 0 Å². The van der Waals surface area contributed by atoms with Crippen LogP contribution >= 0.6 is 0 Å². The molecule has 0 bridgehead atoms. The number of hydrogen-bond acceptors (Lipinski definition) is 4. The van der Waals surface area contributed by atoms with Crippen molar-refractivity contribution < 1.29 is 14.2 Å². The van der Waals surface area contributed by atoms with Gasteiger partial charge >= 0.3 is 0 Å². The monoisotopic (exact) mass is 606 g/mol. The zero-order chi connectivity index (χ0) is 30.7. The minimum absolute atomic E-state index is 0.187. The molecule has 0 N–H and O–H groups in total. The Balaban J connectivity index is 2.00. The number of nitrogens with zero attached hydrogens (tertiary/aromatic N) is 1. The second-order valence-corrected chi connectivity index (χ2v) is 12.9. The minimum Gasteiger partial charge on any atom is -0.379 e. The summed E-state index contributed by atoms with van der Waals surface area (Å²) in [5, 5.41) is 0. The number of rotatable bonds is 33. The van der Waals surface area contributed by atoms with Crippen molar-refractivity contribution in [3.05, 3.63) is 24.3 Å². The van der Waals surface area contributed by atoms with Gasteiger partial charge in [0.2, 0.25) is 0 Å². The van der Waals surface area contributed by atoms with Crippen LogP contribution in [0.15, 0.2) is 24.3 Å². The van der Waals surface area contributed by atoms with Gasteiger partial charge in [-0.15, -0.1) is 0 Å². The van der Waals surface area contributed by atoms with E-state index in [0.717, 1.165) is 52.7 Å². The highest BCUT2D eigenvalue weighted by molar-refractivity contribution is 4.82. The van der Waals surface area contributed by atoms with Gasteiger partial charge < -0.3 is 14.2 Å². The second-order valence-electron chi connectivity index (χ2n) is 12.9. The van der Waals surface area contributed by atoms with Gasteiger partial charge in [-0.05, 0) is 64.2 Å². The summed E-state index contributed by atoms with van der Waals surface area (Å²) in [5.74, 6) is 0. The first-order valence-electron chi connectivity index (χ1n) is 19.2. The van der Waals surface area contributed by atoms with Gasteiger partial charge in [0.05, 0.1) is 25.9 Å². The van der Waals surface area contributed by atoms with Gasteiger partial charge in [0, 0.05) is 32.8 Å². The number of unbranched alkanes of at least 4 members (excludes halogenated alkanes) is 20. The molecule has 1 rings (SSSR count). The summed E-state index contributed by atoms with van der Waals surface area (Å²) in [7, 11) is 0. The Hall–Kier alpha value is -0.680. The van der Waals surface area contributed by atoms with Gasteiger partial charge in [-0.1, -0.05) is 128 Å². The first kappa shape index (κ1) is 40.3. The predicted octanol–water partition coefficient (Wildman–Crippen LogP) is 11.2. The van der Waals surface area contributed by atoms with E-state index in [2.05, 4.69) is 43.1 Å². The lowest BCUT2D eigenvalue weighted by atomic mass is 10.1. The molecule has 0 aromatic rings. The third kappa shape index (κ3) is 29.8.